The molecule has 1 saturated heterocycles. The second-order valence-electron chi connectivity index (χ2n) is 8.00. The summed E-state index contributed by atoms with van der Waals surface area (Å²) < 4.78 is 13.7. The molecule has 8 heteroatoms. The fraction of sp³-hybridized carbons (Fsp3) is 0.458. The Labute approximate surface area is 194 Å². The molecule has 32 heavy (non-hydrogen) atoms. The summed E-state index contributed by atoms with van der Waals surface area (Å²) in [4.78, 5) is 6.69. The highest BCUT2D eigenvalue weighted by Crippen LogP contribution is 2.24. The fourth-order valence-corrected chi connectivity index (χ4v) is 4.69. The third kappa shape index (κ3) is 6.31. The summed E-state index contributed by atoms with van der Waals surface area (Å²) in [5.41, 5.74) is 2.28. The van der Waals surface area contributed by atoms with Gasteiger partial charge in [-0.15, -0.1) is 10.2 Å². The molecular formula is C24H31N5O2S. The summed E-state index contributed by atoms with van der Waals surface area (Å²) in [6.45, 7) is 5.87. The minimum atomic E-state index is 0.232. The first-order chi connectivity index (χ1) is 15.7. The topological polar surface area (TPSA) is 65.3 Å². The zero-order valence-electron chi connectivity index (χ0n) is 18.8. The van der Waals surface area contributed by atoms with Crippen molar-refractivity contribution in [1.29, 1.82) is 0 Å². The zero-order valence-corrected chi connectivity index (χ0v) is 19.6. The lowest BCUT2D eigenvalue weighted by atomic mass is 10.2. The predicted octanol–water partition coefficient (Wildman–Crippen LogP) is 4.18. The van der Waals surface area contributed by atoms with Gasteiger partial charge in [0.15, 0.2) is 5.16 Å². The van der Waals surface area contributed by atoms with Crippen LogP contribution in [0.25, 0.3) is 0 Å². The smallest absolute Gasteiger partial charge is 0.191 e. The molecule has 0 aliphatic carbocycles. The lowest BCUT2D eigenvalue weighted by Crippen LogP contribution is -2.23. The first-order valence-corrected chi connectivity index (χ1v) is 12.2. The molecule has 4 rings (SSSR count). The third-order valence-corrected chi connectivity index (χ3v) is 6.38. The van der Waals surface area contributed by atoms with Crippen molar-refractivity contribution >= 4 is 11.8 Å². The molecule has 1 aliphatic rings. The van der Waals surface area contributed by atoms with Crippen LogP contribution in [0, 0.1) is 0 Å². The molecule has 0 unspecified atom stereocenters. The van der Waals surface area contributed by atoms with Gasteiger partial charge in [-0.2, -0.15) is 0 Å². The van der Waals surface area contributed by atoms with Gasteiger partial charge in [0.1, 0.15) is 11.6 Å². The number of hydrogen-bond acceptors (Lipinski definition) is 7. The van der Waals surface area contributed by atoms with E-state index in [1.165, 1.54) is 5.56 Å². The van der Waals surface area contributed by atoms with Crippen LogP contribution in [-0.4, -0.2) is 51.0 Å². The van der Waals surface area contributed by atoms with Crippen molar-refractivity contribution in [2.24, 2.45) is 0 Å². The lowest BCUT2D eigenvalue weighted by Gasteiger charge is -2.19. The van der Waals surface area contributed by atoms with E-state index in [0.717, 1.165) is 67.3 Å². The van der Waals surface area contributed by atoms with E-state index in [1.807, 2.05) is 43.5 Å². The maximum atomic E-state index is 5.91. The number of benzene rings is 1. The summed E-state index contributed by atoms with van der Waals surface area (Å²) in [5, 5.41) is 9.99. The van der Waals surface area contributed by atoms with Crippen molar-refractivity contribution in [2.75, 3.05) is 20.3 Å². The van der Waals surface area contributed by atoms with Crippen LogP contribution in [0.1, 0.15) is 36.8 Å². The Hall–Kier alpha value is -2.42. The molecule has 0 bridgehead atoms. The second-order valence-corrected chi connectivity index (χ2v) is 8.95. The van der Waals surface area contributed by atoms with Crippen LogP contribution in [0.3, 0.4) is 0 Å². The second kappa shape index (κ2) is 11.4. The van der Waals surface area contributed by atoms with Crippen LogP contribution < -0.4 is 4.74 Å². The molecule has 1 aliphatic heterocycles. The summed E-state index contributed by atoms with van der Waals surface area (Å²) in [7, 11) is 2.11. The van der Waals surface area contributed by atoms with Gasteiger partial charge in [0.05, 0.1) is 31.5 Å². The van der Waals surface area contributed by atoms with Crippen molar-refractivity contribution < 1.29 is 9.47 Å². The number of aromatic nitrogens is 4. The van der Waals surface area contributed by atoms with Gasteiger partial charge in [0.25, 0.3) is 0 Å². The summed E-state index contributed by atoms with van der Waals surface area (Å²) in [6.07, 6.45) is 4.27. The molecule has 3 aromatic rings. The van der Waals surface area contributed by atoms with Gasteiger partial charge >= 0.3 is 0 Å². The van der Waals surface area contributed by atoms with Crippen LogP contribution in [-0.2, 0) is 30.1 Å². The number of nitrogens with zero attached hydrogens (tertiary/aromatic N) is 5. The fourth-order valence-electron chi connectivity index (χ4n) is 3.81. The standard InChI is InChI=1S/C24H31N5O2S/c1-3-30-21-11-9-19(10-12-21)15-28(2)17-23-26-27-24(29(23)16-22-8-6-14-31-22)32-18-20-7-4-5-13-25-20/h4-5,7,9-13,22H,3,6,8,14-18H2,1-2H3/t22-/m0/s1. The van der Waals surface area contributed by atoms with E-state index in [2.05, 4.69) is 43.8 Å². The highest BCUT2D eigenvalue weighted by molar-refractivity contribution is 7.98. The monoisotopic (exact) mass is 453 g/mol. The van der Waals surface area contributed by atoms with Crippen LogP contribution >= 0.6 is 11.8 Å². The van der Waals surface area contributed by atoms with Crippen LogP contribution in [0.4, 0.5) is 0 Å². The van der Waals surface area contributed by atoms with Gasteiger partial charge in [-0.1, -0.05) is 30.0 Å². The van der Waals surface area contributed by atoms with Gasteiger partial charge in [-0.05, 0) is 56.6 Å². The Morgan fingerprint density at radius 1 is 1.16 bits per heavy atom. The van der Waals surface area contributed by atoms with E-state index in [0.29, 0.717) is 6.61 Å². The van der Waals surface area contributed by atoms with Gasteiger partial charge in [-0.25, -0.2) is 0 Å². The van der Waals surface area contributed by atoms with Crippen molar-refractivity contribution in [3.05, 3.63) is 65.7 Å². The molecule has 3 heterocycles. The Balaban J connectivity index is 1.43. The van der Waals surface area contributed by atoms with Crippen LogP contribution in [0.5, 0.6) is 5.75 Å². The summed E-state index contributed by atoms with van der Waals surface area (Å²) in [6, 6.07) is 14.3. The SMILES string of the molecule is CCOc1ccc(CN(C)Cc2nnc(SCc3ccccn3)n2C[C@@H]2CCCO2)cc1. The molecule has 1 atom stereocenters. The minimum absolute atomic E-state index is 0.232. The average molecular weight is 454 g/mol. The average Bonchev–Trinajstić information content (AvgIpc) is 3.45. The number of rotatable bonds is 11. The highest BCUT2D eigenvalue weighted by Gasteiger charge is 2.22. The predicted molar refractivity (Wildman–Crippen MR) is 126 cm³/mol. The molecular weight excluding hydrogens is 422 g/mol. The lowest BCUT2D eigenvalue weighted by molar-refractivity contribution is 0.0934. The Bertz CT molecular complexity index is 958. The maximum Gasteiger partial charge on any atom is 0.191 e. The summed E-state index contributed by atoms with van der Waals surface area (Å²) in [5.74, 6) is 2.65. The molecule has 7 nitrogen and oxygen atoms in total. The van der Waals surface area contributed by atoms with Gasteiger partial charge in [0.2, 0.25) is 0 Å². The number of hydrogen-bond donors (Lipinski definition) is 0. The molecule has 0 amide bonds. The van der Waals surface area contributed by atoms with Gasteiger partial charge in [0, 0.05) is 25.1 Å². The number of thioether (sulfide) groups is 1. The maximum absolute atomic E-state index is 5.91. The van der Waals surface area contributed by atoms with E-state index in [-0.39, 0.29) is 6.10 Å². The van der Waals surface area contributed by atoms with Crippen molar-refractivity contribution in [2.45, 2.75) is 56.4 Å². The first kappa shape index (κ1) is 22.8. The van der Waals surface area contributed by atoms with Gasteiger partial charge < -0.3 is 14.0 Å². The first-order valence-electron chi connectivity index (χ1n) is 11.2. The number of pyridine rings is 1. The van der Waals surface area contributed by atoms with Crippen molar-refractivity contribution in [1.82, 2.24) is 24.6 Å². The van der Waals surface area contributed by atoms with Crippen molar-refractivity contribution in [3.8, 4) is 5.75 Å². The van der Waals surface area contributed by atoms with Crippen LogP contribution in [0.2, 0.25) is 0 Å². The van der Waals surface area contributed by atoms with E-state index < -0.39 is 0 Å². The van der Waals surface area contributed by atoms with E-state index in [1.54, 1.807) is 11.8 Å². The molecule has 170 valence electrons. The van der Waals surface area contributed by atoms with E-state index in [9.17, 15) is 0 Å². The molecule has 2 aromatic heterocycles. The third-order valence-electron chi connectivity index (χ3n) is 5.38. The van der Waals surface area contributed by atoms with Crippen molar-refractivity contribution in [3.63, 3.8) is 0 Å². The Morgan fingerprint density at radius 3 is 2.75 bits per heavy atom. The molecule has 0 saturated carbocycles. The largest absolute Gasteiger partial charge is 0.494 e. The molecule has 1 aromatic carbocycles. The van der Waals surface area contributed by atoms with E-state index >= 15 is 0 Å². The quantitative estimate of drug-likeness (QED) is 0.404. The molecule has 0 spiro atoms. The van der Waals surface area contributed by atoms with Gasteiger partial charge in [-0.3, -0.25) is 9.88 Å². The highest BCUT2D eigenvalue weighted by atomic mass is 32.2. The molecule has 0 radical (unpaired) electrons. The van der Waals surface area contributed by atoms with E-state index in [4.69, 9.17) is 9.47 Å². The normalized spacial score (nSPS) is 16.0. The molecule has 0 N–H and O–H groups in total. The Kier molecular flexibility index (Phi) is 8.14. The summed E-state index contributed by atoms with van der Waals surface area (Å²) >= 11 is 1.68. The van der Waals surface area contributed by atoms with Crippen LogP contribution in [0.15, 0.2) is 53.8 Å². The Morgan fingerprint density at radius 2 is 2.03 bits per heavy atom. The molecule has 1 fully saturated rings. The zero-order chi connectivity index (χ0) is 22.2. The minimum Gasteiger partial charge on any atom is -0.494 e. The number of ether oxygens (including phenoxy) is 2.